The standard InChI is InChI=1S/C20H28N6O10S2/c1-13(27)19-21-9-16(26(19)38(33,34)24(5)6)12-36-18(30)8-7-17(29)35-11-15-10-25(20(22-15)14(2)28)37(31,32)23(3)4/h9-10H,7-8,11-12H2,1-6H3. The van der Waals surface area contributed by atoms with Crippen molar-refractivity contribution in [3.8, 4) is 0 Å². The monoisotopic (exact) mass is 576 g/mol. The van der Waals surface area contributed by atoms with Crippen LogP contribution in [0.5, 0.6) is 0 Å². The number of ether oxygens (including phenoxy) is 2. The van der Waals surface area contributed by atoms with E-state index in [4.69, 9.17) is 9.47 Å². The highest BCUT2D eigenvalue weighted by Crippen LogP contribution is 2.15. The number of rotatable bonds is 13. The SMILES string of the molecule is CC(=O)c1nc(COC(=O)CCC(=O)OCc2cnc(C(C)=O)n2S(=O)(=O)N(C)C)cn1S(=O)(=O)N(C)C. The van der Waals surface area contributed by atoms with Crippen LogP contribution in [-0.4, -0.2) is 95.1 Å². The number of hydrogen-bond donors (Lipinski definition) is 0. The number of aromatic nitrogens is 4. The van der Waals surface area contributed by atoms with Gasteiger partial charge in [0.15, 0.2) is 23.2 Å². The number of hydrogen-bond acceptors (Lipinski definition) is 12. The number of imidazole rings is 2. The van der Waals surface area contributed by atoms with Gasteiger partial charge in [-0.1, -0.05) is 0 Å². The molecule has 0 spiro atoms. The molecule has 2 aromatic heterocycles. The normalized spacial score (nSPS) is 12.1. The molecule has 0 aliphatic rings. The van der Waals surface area contributed by atoms with Crippen LogP contribution in [0, 0.1) is 0 Å². The van der Waals surface area contributed by atoms with Gasteiger partial charge in [0, 0.05) is 48.2 Å². The molecule has 0 bridgehead atoms. The zero-order chi connectivity index (χ0) is 29.0. The molecule has 0 fully saturated rings. The number of esters is 2. The topological polar surface area (TPSA) is 197 Å². The van der Waals surface area contributed by atoms with Gasteiger partial charge < -0.3 is 9.47 Å². The fraction of sp³-hybridized carbons (Fsp3) is 0.500. The summed E-state index contributed by atoms with van der Waals surface area (Å²) in [5.41, 5.74) is -0.0856. The van der Waals surface area contributed by atoms with Crippen LogP contribution in [-0.2, 0) is 52.7 Å². The first-order valence-corrected chi connectivity index (χ1v) is 13.6. The average molecular weight is 577 g/mol. The molecule has 0 saturated heterocycles. The van der Waals surface area contributed by atoms with Crippen molar-refractivity contribution in [3.63, 3.8) is 0 Å². The van der Waals surface area contributed by atoms with E-state index in [0.717, 1.165) is 34.9 Å². The molecule has 0 saturated carbocycles. The molecule has 18 heteroatoms. The lowest BCUT2D eigenvalue weighted by atomic mass is 10.3. The van der Waals surface area contributed by atoms with Crippen molar-refractivity contribution in [1.82, 2.24) is 26.5 Å². The zero-order valence-electron chi connectivity index (χ0n) is 21.6. The fourth-order valence-electron chi connectivity index (χ4n) is 2.85. The second kappa shape index (κ2) is 11.9. The van der Waals surface area contributed by atoms with Crippen LogP contribution in [0.4, 0.5) is 0 Å². The predicted octanol–water partition coefficient (Wildman–Crippen LogP) is -0.639. The highest BCUT2D eigenvalue weighted by molar-refractivity contribution is 7.87. The van der Waals surface area contributed by atoms with Crippen molar-refractivity contribution in [2.24, 2.45) is 0 Å². The molecule has 0 atom stereocenters. The van der Waals surface area contributed by atoms with Crippen molar-refractivity contribution < 1.29 is 45.5 Å². The lowest BCUT2D eigenvalue weighted by Crippen LogP contribution is -2.32. The summed E-state index contributed by atoms with van der Waals surface area (Å²) >= 11 is 0. The average Bonchev–Trinajstić information content (AvgIpc) is 3.45. The predicted molar refractivity (Wildman–Crippen MR) is 129 cm³/mol. The quantitative estimate of drug-likeness (QED) is 0.216. The molecular weight excluding hydrogens is 548 g/mol. The van der Waals surface area contributed by atoms with Crippen molar-refractivity contribution in [2.75, 3.05) is 28.2 Å². The van der Waals surface area contributed by atoms with E-state index in [9.17, 15) is 36.0 Å². The maximum absolute atomic E-state index is 12.6. The summed E-state index contributed by atoms with van der Waals surface area (Å²) in [6.07, 6.45) is 1.30. The van der Waals surface area contributed by atoms with E-state index >= 15 is 0 Å². The lowest BCUT2D eigenvalue weighted by molar-refractivity contribution is -0.151. The Morgan fingerprint density at radius 2 is 1.32 bits per heavy atom. The minimum Gasteiger partial charge on any atom is -0.459 e. The van der Waals surface area contributed by atoms with Gasteiger partial charge in [0.2, 0.25) is 0 Å². The third kappa shape index (κ3) is 6.88. The van der Waals surface area contributed by atoms with Gasteiger partial charge in [-0.3, -0.25) is 19.2 Å². The third-order valence-electron chi connectivity index (χ3n) is 4.84. The van der Waals surface area contributed by atoms with Crippen LogP contribution in [0.2, 0.25) is 0 Å². The molecule has 38 heavy (non-hydrogen) atoms. The van der Waals surface area contributed by atoms with Crippen molar-refractivity contribution >= 4 is 43.9 Å². The van der Waals surface area contributed by atoms with Crippen LogP contribution in [0.25, 0.3) is 0 Å². The Hall–Kier alpha value is -3.48. The summed E-state index contributed by atoms with van der Waals surface area (Å²) in [7, 11) is -3.12. The molecule has 0 aromatic carbocycles. The summed E-state index contributed by atoms with van der Waals surface area (Å²) in [4.78, 5) is 55.4. The van der Waals surface area contributed by atoms with Gasteiger partial charge >= 0.3 is 32.4 Å². The largest absolute Gasteiger partial charge is 0.459 e. The maximum Gasteiger partial charge on any atom is 0.309 e. The molecule has 0 aliphatic heterocycles. The summed E-state index contributed by atoms with van der Waals surface area (Å²) in [6, 6.07) is 0. The molecule has 210 valence electrons. The van der Waals surface area contributed by atoms with Crippen LogP contribution < -0.4 is 0 Å². The molecule has 0 aliphatic carbocycles. The van der Waals surface area contributed by atoms with Gasteiger partial charge in [-0.15, -0.1) is 0 Å². The first-order valence-electron chi connectivity index (χ1n) is 10.8. The summed E-state index contributed by atoms with van der Waals surface area (Å²) in [6.45, 7) is 1.28. The Kier molecular flexibility index (Phi) is 9.65. The van der Waals surface area contributed by atoms with Crippen molar-refractivity contribution in [1.29, 1.82) is 0 Å². The minimum atomic E-state index is -4.14. The van der Waals surface area contributed by atoms with Gasteiger partial charge in [0.05, 0.1) is 30.4 Å². The molecule has 2 heterocycles. The number of Topliss-reactive ketones (excluding diaryl/α,β-unsaturated/α-hetero) is 2. The van der Waals surface area contributed by atoms with E-state index < -0.39 is 70.0 Å². The third-order valence-corrected chi connectivity index (χ3v) is 8.33. The molecule has 0 N–H and O–H groups in total. The molecule has 2 aromatic rings. The van der Waals surface area contributed by atoms with Gasteiger partial charge in [-0.05, 0) is 0 Å². The van der Waals surface area contributed by atoms with Crippen molar-refractivity contribution in [2.45, 2.75) is 39.9 Å². The van der Waals surface area contributed by atoms with E-state index in [1.165, 1.54) is 28.2 Å². The Bertz CT molecular complexity index is 1450. The molecule has 0 radical (unpaired) electrons. The van der Waals surface area contributed by atoms with E-state index in [-0.39, 0.29) is 23.0 Å². The Labute approximate surface area is 219 Å². The summed E-state index contributed by atoms with van der Waals surface area (Å²) in [5, 5.41) is 0. The maximum atomic E-state index is 12.6. The van der Waals surface area contributed by atoms with Gasteiger partial charge in [-0.25, -0.2) is 17.9 Å². The van der Waals surface area contributed by atoms with Crippen LogP contribution in [0.15, 0.2) is 12.4 Å². The summed E-state index contributed by atoms with van der Waals surface area (Å²) < 4.78 is 63.0. The lowest BCUT2D eigenvalue weighted by Gasteiger charge is -2.16. The minimum absolute atomic E-state index is 0.00631. The Morgan fingerprint density at radius 1 is 0.816 bits per heavy atom. The van der Waals surface area contributed by atoms with Gasteiger partial charge in [0.25, 0.3) is 0 Å². The molecular formula is C20H28N6O10S2. The number of nitrogens with zero attached hydrogens (tertiary/aromatic N) is 6. The highest BCUT2D eigenvalue weighted by Gasteiger charge is 2.27. The first-order chi connectivity index (χ1) is 17.5. The van der Waals surface area contributed by atoms with Gasteiger partial charge in [0.1, 0.15) is 13.2 Å². The highest BCUT2D eigenvalue weighted by atomic mass is 32.2. The molecule has 0 unspecified atom stereocenters. The van der Waals surface area contributed by atoms with Crippen LogP contribution >= 0.6 is 0 Å². The van der Waals surface area contributed by atoms with E-state index in [2.05, 4.69) is 9.97 Å². The first kappa shape index (κ1) is 30.7. The molecule has 2 rings (SSSR count). The second-order valence-corrected chi connectivity index (χ2v) is 12.2. The Balaban J connectivity index is 1.98. The van der Waals surface area contributed by atoms with E-state index in [1.807, 2.05) is 0 Å². The van der Waals surface area contributed by atoms with Crippen LogP contribution in [0.3, 0.4) is 0 Å². The number of carbonyl (C=O) groups is 4. The number of carbonyl (C=O) groups excluding carboxylic acids is 4. The number of ketones is 2. The summed E-state index contributed by atoms with van der Waals surface area (Å²) in [5.74, 6) is -3.66. The zero-order valence-corrected chi connectivity index (χ0v) is 23.2. The molecule has 0 amide bonds. The molecule has 16 nitrogen and oxygen atoms in total. The van der Waals surface area contributed by atoms with E-state index in [0.29, 0.717) is 7.94 Å². The van der Waals surface area contributed by atoms with E-state index in [1.54, 1.807) is 0 Å². The van der Waals surface area contributed by atoms with Gasteiger partial charge in [-0.2, -0.15) is 25.4 Å². The smallest absolute Gasteiger partial charge is 0.309 e. The van der Waals surface area contributed by atoms with Crippen LogP contribution in [0.1, 0.15) is 59.3 Å². The Morgan fingerprint density at radius 3 is 1.79 bits per heavy atom. The fourth-order valence-corrected chi connectivity index (χ4v) is 4.96. The second-order valence-electron chi connectivity index (χ2n) is 8.20. The van der Waals surface area contributed by atoms with Crippen molar-refractivity contribution in [3.05, 3.63) is 35.4 Å².